The standard InChI is InChI=1S/C16H22N4/c1-13-5-6-14(11-17)16(18-13)20-10-7-15(12-20)19-8-3-2-4-9-19/h5-6,15H,2-4,7-10,12H2,1H3. The highest BCUT2D eigenvalue weighted by molar-refractivity contribution is 5.55. The molecule has 1 unspecified atom stereocenters. The first kappa shape index (κ1) is 13.4. The lowest BCUT2D eigenvalue weighted by Gasteiger charge is -2.32. The van der Waals surface area contributed by atoms with E-state index >= 15 is 0 Å². The zero-order valence-electron chi connectivity index (χ0n) is 12.2. The van der Waals surface area contributed by atoms with Gasteiger partial charge in [-0.25, -0.2) is 4.98 Å². The van der Waals surface area contributed by atoms with Crippen molar-refractivity contribution in [2.24, 2.45) is 0 Å². The molecule has 20 heavy (non-hydrogen) atoms. The monoisotopic (exact) mass is 270 g/mol. The number of pyridine rings is 1. The molecular weight excluding hydrogens is 248 g/mol. The Morgan fingerprint density at radius 1 is 1.20 bits per heavy atom. The first-order valence-corrected chi connectivity index (χ1v) is 7.64. The molecule has 2 fully saturated rings. The van der Waals surface area contributed by atoms with Crippen molar-refractivity contribution in [3.8, 4) is 6.07 Å². The number of aromatic nitrogens is 1. The zero-order chi connectivity index (χ0) is 13.9. The summed E-state index contributed by atoms with van der Waals surface area (Å²) in [6.07, 6.45) is 5.25. The summed E-state index contributed by atoms with van der Waals surface area (Å²) in [4.78, 5) is 9.52. The first-order valence-electron chi connectivity index (χ1n) is 7.64. The van der Waals surface area contributed by atoms with Crippen molar-refractivity contribution < 1.29 is 0 Å². The summed E-state index contributed by atoms with van der Waals surface area (Å²) in [5.74, 6) is 0.881. The predicted molar refractivity (Wildman–Crippen MR) is 79.7 cm³/mol. The van der Waals surface area contributed by atoms with Gasteiger partial charge in [0, 0.05) is 24.8 Å². The zero-order valence-corrected chi connectivity index (χ0v) is 12.2. The van der Waals surface area contributed by atoms with Crippen LogP contribution in [0.2, 0.25) is 0 Å². The van der Waals surface area contributed by atoms with Gasteiger partial charge in [0.05, 0.1) is 5.56 Å². The molecule has 1 aromatic rings. The van der Waals surface area contributed by atoms with Crippen molar-refractivity contribution in [3.05, 3.63) is 23.4 Å². The highest BCUT2D eigenvalue weighted by atomic mass is 15.3. The van der Waals surface area contributed by atoms with Crippen LogP contribution < -0.4 is 4.90 Å². The van der Waals surface area contributed by atoms with Gasteiger partial charge >= 0.3 is 0 Å². The number of rotatable bonds is 2. The lowest BCUT2D eigenvalue weighted by molar-refractivity contribution is 0.175. The fourth-order valence-corrected chi connectivity index (χ4v) is 3.39. The summed E-state index contributed by atoms with van der Waals surface area (Å²) in [5, 5.41) is 9.26. The average molecular weight is 270 g/mol. The predicted octanol–water partition coefficient (Wildman–Crippen LogP) is 2.33. The normalized spacial score (nSPS) is 23.8. The Morgan fingerprint density at radius 2 is 2.00 bits per heavy atom. The fourth-order valence-electron chi connectivity index (χ4n) is 3.39. The summed E-state index contributed by atoms with van der Waals surface area (Å²) < 4.78 is 0. The molecule has 0 saturated carbocycles. The average Bonchev–Trinajstić information content (AvgIpc) is 2.98. The number of hydrogen-bond donors (Lipinski definition) is 0. The fraction of sp³-hybridized carbons (Fsp3) is 0.625. The van der Waals surface area contributed by atoms with Gasteiger partial charge in [0.2, 0.25) is 0 Å². The molecule has 4 heteroatoms. The molecule has 1 aromatic heterocycles. The molecule has 4 nitrogen and oxygen atoms in total. The second kappa shape index (κ2) is 5.80. The van der Waals surface area contributed by atoms with E-state index in [9.17, 15) is 5.26 Å². The molecule has 106 valence electrons. The van der Waals surface area contributed by atoms with Crippen LogP contribution in [-0.2, 0) is 0 Å². The van der Waals surface area contributed by atoms with Gasteiger partial charge in [-0.1, -0.05) is 6.42 Å². The molecule has 2 saturated heterocycles. The van der Waals surface area contributed by atoms with Crippen molar-refractivity contribution in [2.75, 3.05) is 31.1 Å². The summed E-state index contributed by atoms with van der Waals surface area (Å²) in [6, 6.07) is 6.73. The smallest absolute Gasteiger partial charge is 0.146 e. The molecule has 0 N–H and O–H groups in total. The van der Waals surface area contributed by atoms with Crippen LogP contribution in [0.15, 0.2) is 12.1 Å². The maximum absolute atomic E-state index is 9.26. The Kier molecular flexibility index (Phi) is 3.88. The SMILES string of the molecule is Cc1ccc(C#N)c(N2CCC(N3CCCCC3)C2)n1. The number of piperidine rings is 1. The number of nitriles is 1. The molecular formula is C16H22N4. The van der Waals surface area contributed by atoms with Gasteiger partial charge in [0.15, 0.2) is 0 Å². The Morgan fingerprint density at radius 3 is 2.75 bits per heavy atom. The molecule has 0 bridgehead atoms. The van der Waals surface area contributed by atoms with Crippen LogP contribution in [0.4, 0.5) is 5.82 Å². The first-order chi connectivity index (χ1) is 9.78. The third kappa shape index (κ3) is 2.64. The van der Waals surface area contributed by atoms with Crippen LogP contribution in [0.1, 0.15) is 36.9 Å². The van der Waals surface area contributed by atoms with Gasteiger partial charge < -0.3 is 4.90 Å². The molecule has 0 radical (unpaired) electrons. The minimum atomic E-state index is 0.643. The van der Waals surface area contributed by atoms with E-state index in [0.717, 1.165) is 24.6 Å². The van der Waals surface area contributed by atoms with E-state index in [2.05, 4.69) is 20.9 Å². The van der Waals surface area contributed by atoms with Crippen molar-refractivity contribution in [1.82, 2.24) is 9.88 Å². The molecule has 3 rings (SSSR count). The minimum Gasteiger partial charge on any atom is -0.354 e. The molecule has 0 spiro atoms. The molecule has 1 atom stereocenters. The van der Waals surface area contributed by atoms with Crippen LogP contribution in [0, 0.1) is 18.3 Å². The summed E-state index contributed by atoms with van der Waals surface area (Å²) in [6.45, 7) is 6.51. The summed E-state index contributed by atoms with van der Waals surface area (Å²) >= 11 is 0. The lowest BCUT2D eigenvalue weighted by atomic mass is 10.1. The molecule has 0 aliphatic carbocycles. The number of hydrogen-bond acceptors (Lipinski definition) is 4. The lowest BCUT2D eigenvalue weighted by Crippen LogP contribution is -2.41. The van der Waals surface area contributed by atoms with Crippen molar-refractivity contribution in [2.45, 2.75) is 38.6 Å². The van der Waals surface area contributed by atoms with Crippen LogP contribution in [0.5, 0.6) is 0 Å². The third-order valence-electron chi connectivity index (χ3n) is 4.50. The quantitative estimate of drug-likeness (QED) is 0.827. The van der Waals surface area contributed by atoms with E-state index in [0.29, 0.717) is 11.6 Å². The highest BCUT2D eigenvalue weighted by Crippen LogP contribution is 2.26. The molecule has 3 heterocycles. The van der Waals surface area contributed by atoms with Crippen LogP contribution in [-0.4, -0.2) is 42.1 Å². The van der Waals surface area contributed by atoms with Gasteiger partial charge in [-0.2, -0.15) is 5.26 Å². The summed E-state index contributed by atoms with van der Waals surface area (Å²) in [5.41, 5.74) is 1.69. The number of nitrogens with zero attached hydrogens (tertiary/aromatic N) is 4. The van der Waals surface area contributed by atoms with E-state index in [1.165, 1.54) is 38.8 Å². The molecule has 2 aliphatic rings. The van der Waals surface area contributed by atoms with Crippen molar-refractivity contribution >= 4 is 5.82 Å². The Hall–Kier alpha value is -1.60. The van der Waals surface area contributed by atoms with E-state index < -0.39 is 0 Å². The second-order valence-electron chi connectivity index (χ2n) is 5.92. The van der Waals surface area contributed by atoms with Crippen LogP contribution in [0.3, 0.4) is 0 Å². The van der Waals surface area contributed by atoms with E-state index in [1.54, 1.807) is 0 Å². The topological polar surface area (TPSA) is 43.2 Å². The van der Waals surface area contributed by atoms with Gasteiger partial charge in [0.1, 0.15) is 11.9 Å². The van der Waals surface area contributed by atoms with Crippen LogP contribution in [0.25, 0.3) is 0 Å². The number of aryl methyl sites for hydroxylation is 1. The highest BCUT2D eigenvalue weighted by Gasteiger charge is 2.30. The van der Waals surface area contributed by atoms with E-state index in [-0.39, 0.29) is 0 Å². The molecule has 0 amide bonds. The number of likely N-dealkylation sites (tertiary alicyclic amines) is 1. The largest absolute Gasteiger partial charge is 0.354 e. The van der Waals surface area contributed by atoms with Crippen LogP contribution >= 0.6 is 0 Å². The minimum absolute atomic E-state index is 0.643. The molecule has 2 aliphatic heterocycles. The van der Waals surface area contributed by atoms with Gasteiger partial charge in [-0.05, 0) is 51.4 Å². The van der Waals surface area contributed by atoms with Gasteiger partial charge in [-0.15, -0.1) is 0 Å². The van der Waals surface area contributed by atoms with Crippen molar-refractivity contribution in [3.63, 3.8) is 0 Å². The van der Waals surface area contributed by atoms with Crippen molar-refractivity contribution in [1.29, 1.82) is 5.26 Å². The van der Waals surface area contributed by atoms with Gasteiger partial charge in [0.25, 0.3) is 0 Å². The number of anilines is 1. The summed E-state index contributed by atoms with van der Waals surface area (Å²) in [7, 11) is 0. The third-order valence-corrected chi connectivity index (χ3v) is 4.50. The molecule has 0 aromatic carbocycles. The second-order valence-corrected chi connectivity index (χ2v) is 5.92. The Labute approximate surface area is 121 Å². The Balaban J connectivity index is 1.73. The maximum Gasteiger partial charge on any atom is 0.146 e. The maximum atomic E-state index is 9.26. The van der Waals surface area contributed by atoms with E-state index in [4.69, 9.17) is 0 Å². The van der Waals surface area contributed by atoms with E-state index in [1.807, 2.05) is 19.1 Å². The van der Waals surface area contributed by atoms with Gasteiger partial charge in [-0.3, -0.25) is 4.90 Å². The Bertz CT molecular complexity index is 514.